The second-order valence-corrected chi connectivity index (χ2v) is 9.67. The van der Waals surface area contributed by atoms with Crippen LogP contribution in [0.5, 0.6) is 0 Å². The predicted octanol–water partition coefficient (Wildman–Crippen LogP) is 8.20. The summed E-state index contributed by atoms with van der Waals surface area (Å²) in [4.78, 5) is 0. The number of rotatable bonds is 5. The molecule has 0 radical (unpaired) electrons. The normalized spacial score (nSPS) is 27.7. The van der Waals surface area contributed by atoms with Crippen molar-refractivity contribution >= 4 is 0 Å². The molecule has 0 N–H and O–H groups in total. The first-order chi connectivity index (χ1) is 14.1. The maximum absolute atomic E-state index is 13.5. The zero-order valence-corrected chi connectivity index (χ0v) is 17.7. The van der Waals surface area contributed by atoms with Gasteiger partial charge in [0, 0.05) is 0 Å². The number of hydrogen-bond donors (Lipinski definition) is 0. The van der Waals surface area contributed by atoms with Crippen molar-refractivity contribution in [2.75, 3.05) is 0 Å². The quantitative estimate of drug-likeness (QED) is 0.478. The Kier molecular flexibility index (Phi) is 6.67. The lowest BCUT2D eigenvalue weighted by Gasteiger charge is -2.37. The van der Waals surface area contributed by atoms with E-state index in [1.807, 2.05) is 12.1 Å². The molecule has 0 heterocycles. The Morgan fingerprint density at radius 2 is 1.28 bits per heavy atom. The second kappa shape index (κ2) is 9.41. The summed E-state index contributed by atoms with van der Waals surface area (Å²) in [7, 11) is 0. The SMILES string of the molecule is CC1CCC(C2CCC(CCc3ccc(-c4ccc(F)c(F)c4)cc3)CC2)CC1. The van der Waals surface area contributed by atoms with Crippen LogP contribution in [0.3, 0.4) is 0 Å². The zero-order valence-electron chi connectivity index (χ0n) is 17.7. The molecule has 0 unspecified atom stereocenters. The van der Waals surface area contributed by atoms with Gasteiger partial charge in [0.05, 0.1) is 0 Å². The van der Waals surface area contributed by atoms with Gasteiger partial charge < -0.3 is 0 Å². The molecule has 0 nitrogen and oxygen atoms in total. The maximum atomic E-state index is 13.5. The molecule has 0 aliphatic heterocycles. The molecule has 0 amide bonds. The average Bonchev–Trinajstić information content (AvgIpc) is 2.76. The van der Waals surface area contributed by atoms with Crippen LogP contribution >= 0.6 is 0 Å². The molecule has 0 aromatic heterocycles. The highest BCUT2D eigenvalue weighted by Gasteiger charge is 2.29. The summed E-state index contributed by atoms with van der Waals surface area (Å²) in [6, 6.07) is 12.5. The fraction of sp³-hybridized carbons (Fsp3) is 0.556. The van der Waals surface area contributed by atoms with E-state index in [1.54, 1.807) is 6.07 Å². The molecule has 0 saturated heterocycles. The smallest absolute Gasteiger partial charge is 0.159 e. The van der Waals surface area contributed by atoms with Gasteiger partial charge in [0.2, 0.25) is 0 Å². The standard InChI is InChI=1S/C27H34F2/c1-19-2-10-22(11-3-19)23-12-6-20(7-13-23)4-5-21-8-14-24(15-9-21)25-16-17-26(28)27(29)18-25/h8-9,14-20,22-23H,2-7,10-13H2,1H3. The Hall–Kier alpha value is -1.70. The molecular formula is C27H34F2. The molecule has 2 heteroatoms. The fourth-order valence-electron chi connectivity index (χ4n) is 5.62. The Morgan fingerprint density at radius 3 is 1.90 bits per heavy atom. The van der Waals surface area contributed by atoms with Crippen molar-refractivity contribution in [2.45, 2.75) is 71.1 Å². The Bertz CT molecular complexity index is 779. The summed E-state index contributed by atoms with van der Waals surface area (Å²) < 4.78 is 26.6. The van der Waals surface area contributed by atoms with E-state index < -0.39 is 11.6 Å². The average molecular weight is 397 g/mol. The molecular weight excluding hydrogens is 362 g/mol. The molecule has 0 atom stereocenters. The third kappa shape index (κ3) is 5.27. The lowest BCUT2D eigenvalue weighted by molar-refractivity contribution is 0.148. The molecule has 2 aliphatic carbocycles. The largest absolute Gasteiger partial charge is 0.204 e. The number of aryl methyl sites for hydroxylation is 1. The number of benzene rings is 2. The molecule has 2 aromatic carbocycles. The summed E-state index contributed by atoms with van der Waals surface area (Å²) >= 11 is 0. The van der Waals surface area contributed by atoms with Crippen molar-refractivity contribution in [3.8, 4) is 11.1 Å². The van der Waals surface area contributed by atoms with E-state index in [2.05, 4.69) is 19.1 Å². The van der Waals surface area contributed by atoms with Crippen LogP contribution in [-0.2, 0) is 6.42 Å². The van der Waals surface area contributed by atoms with E-state index in [9.17, 15) is 8.78 Å². The molecule has 29 heavy (non-hydrogen) atoms. The van der Waals surface area contributed by atoms with Gasteiger partial charge in [-0.15, -0.1) is 0 Å². The highest BCUT2D eigenvalue weighted by atomic mass is 19.2. The minimum atomic E-state index is -0.793. The first kappa shape index (κ1) is 20.6. The van der Waals surface area contributed by atoms with Crippen LogP contribution in [0.4, 0.5) is 8.78 Å². The summed E-state index contributed by atoms with van der Waals surface area (Å²) in [5.41, 5.74) is 3.01. The molecule has 156 valence electrons. The highest BCUT2D eigenvalue weighted by molar-refractivity contribution is 5.63. The summed E-state index contributed by atoms with van der Waals surface area (Å²) in [5.74, 6) is 2.25. The highest BCUT2D eigenvalue weighted by Crippen LogP contribution is 2.42. The third-order valence-corrected chi connectivity index (χ3v) is 7.67. The summed E-state index contributed by atoms with van der Waals surface area (Å²) in [6.45, 7) is 2.41. The van der Waals surface area contributed by atoms with Gasteiger partial charge in [-0.2, -0.15) is 0 Å². The van der Waals surface area contributed by atoms with Crippen molar-refractivity contribution in [3.05, 3.63) is 59.7 Å². The first-order valence-electron chi connectivity index (χ1n) is 11.6. The van der Waals surface area contributed by atoms with E-state index in [0.29, 0.717) is 0 Å². The van der Waals surface area contributed by atoms with E-state index in [1.165, 1.54) is 75.5 Å². The van der Waals surface area contributed by atoms with E-state index >= 15 is 0 Å². The van der Waals surface area contributed by atoms with E-state index in [0.717, 1.165) is 41.2 Å². The first-order valence-corrected chi connectivity index (χ1v) is 11.6. The molecule has 2 saturated carbocycles. The van der Waals surface area contributed by atoms with Gasteiger partial charge in [-0.3, -0.25) is 0 Å². The third-order valence-electron chi connectivity index (χ3n) is 7.67. The minimum Gasteiger partial charge on any atom is -0.204 e. The fourth-order valence-corrected chi connectivity index (χ4v) is 5.62. The van der Waals surface area contributed by atoms with Gasteiger partial charge in [-0.05, 0) is 91.0 Å². The number of halogens is 2. The summed E-state index contributed by atoms with van der Waals surface area (Å²) in [5, 5.41) is 0. The molecule has 0 spiro atoms. The van der Waals surface area contributed by atoms with Crippen molar-refractivity contribution in [1.29, 1.82) is 0 Å². The minimum absolute atomic E-state index is 0.728. The van der Waals surface area contributed by atoms with Crippen molar-refractivity contribution in [3.63, 3.8) is 0 Å². The van der Waals surface area contributed by atoms with Crippen LogP contribution in [0.2, 0.25) is 0 Å². The van der Waals surface area contributed by atoms with Gasteiger partial charge >= 0.3 is 0 Å². The van der Waals surface area contributed by atoms with Crippen LogP contribution < -0.4 is 0 Å². The summed E-state index contributed by atoms with van der Waals surface area (Å²) in [6.07, 6.45) is 13.9. The molecule has 0 bridgehead atoms. The lowest BCUT2D eigenvalue weighted by Crippen LogP contribution is -2.25. The molecule has 2 aliphatic rings. The van der Waals surface area contributed by atoms with Gasteiger partial charge in [-0.25, -0.2) is 8.78 Å². The molecule has 2 aromatic rings. The topological polar surface area (TPSA) is 0 Å². The van der Waals surface area contributed by atoms with E-state index in [4.69, 9.17) is 0 Å². The van der Waals surface area contributed by atoms with Crippen LogP contribution in [0, 0.1) is 35.3 Å². The molecule has 2 fully saturated rings. The van der Waals surface area contributed by atoms with Crippen LogP contribution in [0.1, 0.15) is 70.3 Å². The van der Waals surface area contributed by atoms with Gasteiger partial charge in [-0.1, -0.05) is 62.9 Å². The maximum Gasteiger partial charge on any atom is 0.159 e. The van der Waals surface area contributed by atoms with Gasteiger partial charge in [0.15, 0.2) is 11.6 Å². The Balaban J connectivity index is 1.24. The molecule has 4 rings (SSSR count). The van der Waals surface area contributed by atoms with E-state index in [-0.39, 0.29) is 0 Å². The lowest BCUT2D eigenvalue weighted by atomic mass is 9.69. The van der Waals surface area contributed by atoms with Crippen LogP contribution in [0.25, 0.3) is 11.1 Å². The zero-order chi connectivity index (χ0) is 20.2. The predicted molar refractivity (Wildman–Crippen MR) is 117 cm³/mol. The van der Waals surface area contributed by atoms with Crippen LogP contribution in [-0.4, -0.2) is 0 Å². The van der Waals surface area contributed by atoms with Gasteiger partial charge in [0.1, 0.15) is 0 Å². The Morgan fingerprint density at radius 1 is 0.690 bits per heavy atom. The van der Waals surface area contributed by atoms with Crippen LogP contribution in [0.15, 0.2) is 42.5 Å². The Labute approximate surface area is 174 Å². The van der Waals surface area contributed by atoms with Crippen molar-refractivity contribution in [1.82, 2.24) is 0 Å². The second-order valence-electron chi connectivity index (χ2n) is 9.67. The number of hydrogen-bond acceptors (Lipinski definition) is 0. The monoisotopic (exact) mass is 396 g/mol. The van der Waals surface area contributed by atoms with Crippen molar-refractivity contribution < 1.29 is 8.78 Å². The van der Waals surface area contributed by atoms with Crippen molar-refractivity contribution in [2.24, 2.45) is 23.7 Å². The van der Waals surface area contributed by atoms with Gasteiger partial charge in [0.25, 0.3) is 0 Å².